The van der Waals surface area contributed by atoms with Crippen molar-refractivity contribution in [3.8, 4) is 0 Å². The lowest BCUT2D eigenvalue weighted by molar-refractivity contribution is -0.150. The second-order valence-corrected chi connectivity index (χ2v) is 6.96. The smallest absolute Gasteiger partial charge is 0.310 e. The van der Waals surface area contributed by atoms with E-state index in [1.165, 1.54) is 29.9 Å². The average Bonchev–Trinajstić information content (AvgIpc) is 2.83. The number of piperidine rings is 1. The molecule has 0 aliphatic carbocycles. The Kier molecular flexibility index (Phi) is 3.61. The van der Waals surface area contributed by atoms with Crippen LogP contribution in [-0.4, -0.2) is 37.1 Å². The minimum absolute atomic E-state index is 0.0510. The molecule has 2 aromatic rings. The zero-order chi connectivity index (χ0) is 16.0. The van der Waals surface area contributed by atoms with E-state index in [-0.39, 0.29) is 17.8 Å². The summed E-state index contributed by atoms with van der Waals surface area (Å²) in [6, 6.07) is 16.0. The molecule has 0 saturated carbocycles. The van der Waals surface area contributed by atoms with E-state index in [2.05, 4.69) is 54.4 Å². The van der Waals surface area contributed by atoms with Crippen molar-refractivity contribution in [2.75, 3.05) is 14.2 Å². The molecular formula is C20H23NO2. The molecule has 120 valence electrons. The van der Waals surface area contributed by atoms with Crippen LogP contribution >= 0.6 is 0 Å². The van der Waals surface area contributed by atoms with Gasteiger partial charge in [0.05, 0.1) is 13.0 Å². The highest BCUT2D eigenvalue weighted by molar-refractivity contribution is 5.83. The van der Waals surface area contributed by atoms with Gasteiger partial charge in [0.1, 0.15) is 0 Å². The van der Waals surface area contributed by atoms with E-state index in [1.807, 2.05) is 0 Å². The number of hydrogen-bond donors (Lipinski definition) is 0. The van der Waals surface area contributed by atoms with E-state index in [0.717, 1.165) is 12.8 Å². The topological polar surface area (TPSA) is 29.5 Å². The fourth-order valence-electron chi connectivity index (χ4n) is 4.71. The molecule has 1 unspecified atom stereocenters. The molecule has 2 aliphatic rings. The Morgan fingerprint density at radius 3 is 2.70 bits per heavy atom. The predicted molar refractivity (Wildman–Crippen MR) is 91.4 cm³/mol. The lowest BCUT2D eigenvalue weighted by Gasteiger charge is -2.41. The first kappa shape index (κ1) is 14.7. The number of fused-ring (bicyclic) bond motifs is 3. The van der Waals surface area contributed by atoms with Crippen molar-refractivity contribution in [3.05, 3.63) is 48.0 Å². The number of esters is 1. The minimum Gasteiger partial charge on any atom is -0.469 e. The maximum atomic E-state index is 12.5. The summed E-state index contributed by atoms with van der Waals surface area (Å²) in [6.07, 6.45) is 3.34. The summed E-state index contributed by atoms with van der Waals surface area (Å²) in [5.41, 5.74) is 1.28. The molecule has 23 heavy (non-hydrogen) atoms. The molecule has 0 radical (unpaired) electrons. The van der Waals surface area contributed by atoms with Crippen molar-refractivity contribution in [2.24, 2.45) is 5.92 Å². The summed E-state index contributed by atoms with van der Waals surface area (Å²) < 4.78 is 5.16. The monoisotopic (exact) mass is 309 g/mol. The van der Waals surface area contributed by atoms with Gasteiger partial charge in [-0.05, 0) is 42.6 Å². The SMILES string of the molecule is COC(=O)[C@@H]1C2CC[C@H](C[C@@H]1c1ccc3ccccc3c1)N2C. The van der Waals surface area contributed by atoms with Gasteiger partial charge in [0.2, 0.25) is 0 Å². The summed E-state index contributed by atoms with van der Waals surface area (Å²) in [5, 5.41) is 2.50. The summed E-state index contributed by atoms with van der Waals surface area (Å²) in [7, 11) is 3.68. The number of hydrogen-bond acceptors (Lipinski definition) is 3. The molecule has 0 amide bonds. The number of nitrogens with zero attached hydrogens (tertiary/aromatic N) is 1. The minimum atomic E-state index is -0.0552. The average molecular weight is 309 g/mol. The number of ether oxygens (including phenoxy) is 1. The maximum Gasteiger partial charge on any atom is 0.310 e. The van der Waals surface area contributed by atoms with Gasteiger partial charge in [0.15, 0.2) is 0 Å². The van der Waals surface area contributed by atoms with Crippen LogP contribution in [0.5, 0.6) is 0 Å². The highest BCUT2D eigenvalue weighted by atomic mass is 16.5. The summed E-state index contributed by atoms with van der Waals surface area (Å²) in [6.45, 7) is 0. The van der Waals surface area contributed by atoms with Gasteiger partial charge in [-0.15, -0.1) is 0 Å². The Balaban J connectivity index is 1.76. The molecule has 0 aromatic heterocycles. The van der Waals surface area contributed by atoms with Crippen LogP contribution in [0.3, 0.4) is 0 Å². The van der Waals surface area contributed by atoms with Crippen LogP contribution < -0.4 is 0 Å². The fourth-order valence-corrected chi connectivity index (χ4v) is 4.71. The van der Waals surface area contributed by atoms with E-state index in [9.17, 15) is 4.79 Å². The predicted octanol–water partition coefficient (Wildman–Crippen LogP) is 3.58. The zero-order valence-electron chi connectivity index (χ0n) is 13.7. The molecule has 2 saturated heterocycles. The van der Waals surface area contributed by atoms with Gasteiger partial charge < -0.3 is 4.74 Å². The van der Waals surface area contributed by atoms with Crippen LogP contribution in [0.4, 0.5) is 0 Å². The van der Waals surface area contributed by atoms with Gasteiger partial charge in [-0.3, -0.25) is 9.69 Å². The first-order valence-corrected chi connectivity index (χ1v) is 8.47. The van der Waals surface area contributed by atoms with Crippen molar-refractivity contribution >= 4 is 16.7 Å². The van der Waals surface area contributed by atoms with E-state index in [1.54, 1.807) is 0 Å². The van der Waals surface area contributed by atoms with Crippen LogP contribution in [0.15, 0.2) is 42.5 Å². The first-order chi connectivity index (χ1) is 11.2. The van der Waals surface area contributed by atoms with Crippen LogP contribution in [0.2, 0.25) is 0 Å². The van der Waals surface area contributed by atoms with E-state index in [4.69, 9.17) is 4.74 Å². The number of rotatable bonds is 2. The largest absolute Gasteiger partial charge is 0.469 e. The van der Waals surface area contributed by atoms with Crippen LogP contribution in [0, 0.1) is 5.92 Å². The molecule has 3 heteroatoms. The maximum absolute atomic E-state index is 12.5. The first-order valence-electron chi connectivity index (χ1n) is 8.47. The van der Waals surface area contributed by atoms with Gasteiger partial charge in [-0.2, -0.15) is 0 Å². The molecule has 2 aliphatic heterocycles. The summed E-state index contributed by atoms with van der Waals surface area (Å²) >= 11 is 0. The lowest BCUT2D eigenvalue weighted by Crippen LogP contribution is -2.49. The Labute approximate surface area is 137 Å². The third-order valence-corrected chi connectivity index (χ3v) is 5.94. The second-order valence-electron chi connectivity index (χ2n) is 6.96. The number of methoxy groups -OCH3 is 1. The third kappa shape index (κ3) is 2.34. The molecule has 4 rings (SSSR count). The number of carbonyl (C=O) groups is 1. The molecule has 2 fully saturated rings. The Morgan fingerprint density at radius 1 is 1.13 bits per heavy atom. The van der Waals surface area contributed by atoms with Crippen molar-refractivity contribution in [1.29, 1.82) is 0 Å². The van der Waals surface area contributed by atoms with Crippen LogP contribution in [0.25, 0.3) is 10.8 Å². The highest BCUT2D eigenvalue weighted by Gasteiger charge is 2.49. The van der Waals surface area contributed by atoms with Crippen molar-refractivity contribution in [2.45, 2.75) is 37.3 Å². The highest BCUT2D eigenvalue weighted by Crippen LogP contribution is 2.46. The summed E-state index contributed by atoms with van der Waals surface area (Å²) in [4.78, 5) is 14.9. The van der Waals surface area contributed by atoms with Gasteiger partial charge >= 0.3 is 5.97 Å². The number of benzene rings is 2. The molecular weight excluding hydrogens is 286 g/mol. The van der Waals surface area contributed by atoms with Crippen LogP contribution in [0.1, 0.15) is 30.7 Å². The van der Waals surface area contributed by atoms with Gasteiger partial charge in [0.25, 0.3) is 0 Å². The molecule has 0 N–H and O–H groups in total. The molecule has 2 heterocycles. The van der Waals surface area contributed by atoms with Gasteiger partial charge in [-0.1, -0.05) is 42.5 Å². The second kappa shape index (κ2) is 5.64. The van der Waals surface area contributed by atoms with E-state index >= 15 is 0 Å². The summed E-state index contributed by atoms with van der Waals surface area (Å²) in [5.74, 6) is 0.158. The van der Waals surface area contributed by atoms with Crippen molar-refractivity contribution < 1.29 is 9.53 Å². The van der Waals surface area contributed by atoms with Crippen molar-refractivity contribution in [3.63, 3.8) is 0 Å². The molecule has 3 nitrogen and oxygen atoms in total. The van der Waals surface area contributed by atoms with Gasteiger partial charge in [0, 0.05) is 18.0 Å². The normalized spacial score (nSPS) is 30.5. The van der Waals surface area contributed by atoms with Crippen LogP contribution in [-0.2, 0) is 9.53 Å². The van der Waals surface area contributed by atoms with Crippen molar-refractivity contribution in [1.82, 2.24) is 4.90 Å². The Bertz CT molecular complexity index is 741. The molecule has 0 spiro atoms. The Hall–Kier alpha value is -1.87. The Morgan fingerprint density at radius 2 is 1.91 bits per heavy atom. The fraction of sp³-hybridized carbons (Fsp3) is 0.450. The molecule has 4 atom stereocenters. The third-order valence-electron chi connectivity index (χ3n) is 5.94. The quantitative estimate of drug-likeness (QED) is 0.794. The zero-order valence-corrected chi connectivity index (χ0v) is 13.7. The lowest BCUT2D eigenvalue weighted by atomic mass is 9.76. The molecule has 2 aromatic carbocycles. The van der Waals surface area contributed by atoms with E-state index < -0.39 is 0 Å². The number of carbonyl (C=O) groups excluding carboxylic acids is 1. The van der Waals surface area contributed by atoms with Gasteiger partial charge in [-0.25, -0.2) is 0 Å². The van der Waals surface area contributed by atoms with E-state index in [0.29, 0.717) is 12.1 Å². The standard InChI is InChI=1S/C20H23NO2/c1-21-16-9-10-18(21)19(20(22)23-2)17(12-16)15-8-7-13-5-3-4-6-14(13)11-15/h3-8,11,16-19H,9-10,12H2,1-2H3/t16-,17-,18?,19+/m1/s1. The molecule has 2 bridgehead atoms.